The van der Waals surface area contributed by atoms with Gasteiger partial charge in [0, 0.05) is 6.04 Å². The minimum absolute atomic E-state index is 0.198. The van der Waals surface area contributed by atoms with Crippen molar-refractivity contribution in [1.29, 1.82) is 0 Å². The smallest absolute Gasteiger partial charge is 0.142 e. The summed E-state index contributed by atoms with van der Waals surface area (Å²) in [5.41, 5.74) is 3.84. The molecule has 0 fully saturated rings. The highest BCUT2D eigenvalue weighted by Crippen LogP contribution is 2.29. The minimum Gasteiger partial charge on any atom is -0.280 e. The van der Waals surface area contributed by atoms with Crippen molar-refractivity contribution in [3.63, 3.8) is 0 Å². The molecule has 0 bridgehead atoms. The van der Waals surface area contributed by atoms with E-state index in [2.05, 4.69) is 5.43 Å². The third-order valence-corrected chi connectivity index (χ3v) is 2.07. The molecule has 0 aromatic carbocycles. The first-order valence-electron chi connectivity index (χ1n) is 3.69. The lowest BCUT2D eigenvalue weighted by Crippen LogP contribution is -2.32. The predicted molar refractivity (Wildman–Crippen MR) is 45.6 cm³/mol. The van der Waals surface area contributed by atoms with Crippen molar-refractivity contribution in [3.05, 3.63) is 34.9 Å². The van der Waals surface area contributed by atoms with Gasteiger partial charge in [-0.05, 0) is 19.1 Å². The summed E-state index contributed by atoms with van der Waals surface area (Å²) < 4.78 is 12.8. The Morgan fingerprint density at radius 1 is 1.67 bits per heavy atom. The van der Waals surface area contributed by atoms with E-state index in [0.717, 1.165) is 5.70 Å². The highest BCUT2D eigenvalue weighted by atomic mass is 35.5. The van der Waals surface area contributed by atoms with Crippen molar-refractivity contribution in [2.45, 2.75) is 13.0 Å². The van der Waals surface area contributed by atoms with Gasteiger partial charge in [-0.1, -0.05) is 11.6 Å². The zero-order valence-electron chi connectivity index (χ0n) is 6.51. The molecule has 0 saturated carbocycles. The number of nitrogens with one attached hydrogen (secondary N) is 1. The molecule has 2 rings (SSSR count). The van der Waals surface area contributed by atoms with Crippen LogP contribution in [0, 0.1) is 0 Å². The third-order valence-electron chi connectivity index (χ3n) is 1.77. The van der Waals surface area contributed by atoms with Crippen LogP contribution in [0.15, 0.2) is 34.9 Å². The summed E-state index contributed by atoms with van der Waals surface area (Å²) in [6.07, 6.45) is 4.63. The molecule has 0 aromatic heterocycles. The Kier molecular flexibility index (Phi) is 1.70. The van der Waals surface area contributed by atoms with Crippen LogP contribution in [0.1, 0.15) is 6.92 Å². The van der Waals surface area contributed by atoms with E-state index in [1.807, 2.05) is 13.0 Å². The van der Waals surface area contributed by atoms with Crippen molar-refractivity contribution >= 4 is 11.6 Å². The van der Waals surface area contributed by atoms with E-state index in [1.165, 1.54) is 12.3 Å². The summed E-state index contributed by atoms with van der Waals surface area (Å²) in [5, 5.41) is 2.04. The zero-order valence-corrected chi connectivity index (χ0v) is 7.27. The molecule has 0 saturated heterocycles. The molecule has 1 unspecified atom stereocenters. The number of hydrogen-bond acceptors (Lipinski definition) is 2. The van der Waals surface area contributed by atoms with Gasteiger partial charge in [-0.3, -0.25) is 5.01 Å². The molecular weight excluding hydrogens is 179 g/mol. The zero-order chi connectivity index (χ0) is 8.72. The average Bonchev–Trinajstić information content (AvgIpc) is 2.29. The molecule has 4 heteroatoms. The molecule has 2 nitrogen and oxygen atoms in total. The fraction of sp³-hybridized carbons (Fsp3) is 0.250. The minimum atomic E-state index is -0.334. The van der Waals surface area contributed by atoms with Crippen LogP contribution < -0.4 is 5.43 Å². The van der Waals surface area contributed by atoms with Crippen LogP contribution in [0.2, 0.25) is 0 Å². The Morgan fingerprint density at radius 2 is 2.42 bits per heavy atom. The number of hydrogen-bond donors (Lipinski definition) is 1. The van der Waals surface area contributed by atoms with Crippen LogP contribution in [-0.4, -0.2) is 11.1 Å². The summed E-state index contributed by atoms with van der Waals surface area (Å²) >= 11 is 5.81. The average molecular weight is 187 g/mol. The first-order chi connectivity index (χ1) is 5.66. The first-order valence-corrected chi connectivity index (χ1v) is 4.07. The number of fused-ring (bicyclic) bond motifs is 1. The molecular formula is C8H8ClFN2. The van der Waals surface area contributed by atoms with Crippen molar-refractivity contribution in [3.8, 4) is 0 Å². The molecule has 2 aliphatic rings. The Morgan fingerprint density at radius 3 is 3.17 bits per heavy atom. The van der Waals surface area contributed by atoms with E-state index >= 15 is 0 Å². The maximum Gasteiger partial charge on any atom is 0.142 e. The molecule has 0 radical (unpaired) electrons. The van der Waals surface area contributed by atoms with Gasteiger partial charge in [-0.2, -0.15) is 0 Å². The first kappa shape index (κ1) is 7.83. The van der Waals surface area contributed by atoms with E-state index < -0.39 is 0 Å². The largest absolute Gasteiger partial charge is 0.280 e. The fourth-order valence-corrected chi connectivity index (χ4v) is 1.56. The van der Waals surface area contributed by atoms with Gasteiger partial charge in [-0.25, -0.2) is 9.82 Å². The van der Waals surface area contributed by atoms with E-state index in [9.17, 15) is 4.39 Å². The summed E-state index contributed by atoms with van der Waals surface area (Å²) in [5.74, 6) is -0.334. The number of allylic oxidation sites excluding steroid dienone is 3. The molecule has 0 aliphatic carbocycles. The van der Waals surface area contributed by atoms with E-state index in [4.69, 9.17) is 11.6 Å². The van der Waals surface area contributed by atoms with Crippen molar-refractivity contribution in [2.75, 3.05) is 0 Å². The van der Waals surface area contributed by atoms with Crippen LogP contribution in [0.4, 0.5) is 4.39 Å². The lowest BCUT2D eigenvalue weighted by atomic mass is 10.2. The fourth-order valence-electron chi connectivity index (χ4n) is 1.30. The standard InChI is InChI=1S/C8H8ClFN2/c1-5-2-8-7(9)3-6(10)4-12(8)11-5/h2-5,11H,1H3. The lowest BCUT2D eigenvalue weighted by Gasteiger charge is -2.21. The molecule has 2 heterocycles. The Labute approximate surface area is 75.0 Å². The van der Waals surface area contributed by atoms with Crippen LogP contribution >= 0.6 is 11.6 Å². The lowest BCUT2D eigenvalue weighted by molar-refractivity contribution is 0.347. The molecule has 1 N–H and O–H groups in total. The maximum atomic E-state index is 12.8. The van der Waals surface area contributed by atoms with Gasteiger partial charge in [-0.15, -0.1) is 0 Å². The van der Waals surface area contributed by atoms with Gasteiger partial charge in [0.1, 0.15) is 5.83 Å². The van der Waals surface area contributed by atoms with Gasteiger partial charge >= 0.3 is 0 Å². The number of hydrazine groups is 1. The van der Waals surface area contributed by atoms with Gasteiger partial charge in [0.15, 0.2) is 0 Å². The Balaban J connectivity index is 2.38. The predicted octanol–water partition coefficient (Wildman–Crippen LogP) is 2.03. The van der Waals surface area contributed by atoms with E-state index in [1.54, 1.807) is 5.01 Å². The number of nitrogens with zero attached hydrogens (tertiary/aromatic N) is 1. The Hall–Kier alpha value is -0.800. The second-order valence-electron chi connectivity index (χ2n) is 2.85. The molecule has 0 spiro atoms. The highest BCUT2D eigenvalue weighted by Gasteiger charge is 2.23. The van der Waals surface area contributed by atoms with Crippen molar-refractivity contribution < 1.29 is 4.39 Å². The van der Waals surface area contributed by atoms with Crippen LogP contribution in [0.25, 0.3) is 0 Å². The molecule has 12 heavy (non-hydrogen) atoms. The van der Waals surface area contributed by atoms with E-state index in [-0.39, 0.29) is 11.9 Å². The van der Waals surface area contributed by atoms with Crippen LogP contribution in [0.3, 0.4) is 0 Å². The SMILES string of the molecule is CC1C=C2C(Cl)=CC(F)=CN2N1. The number of rotatable bonds is 0. The Bertz CT molecular complexity index is 306. The number of halogens is 2. The van der Waals surface area contributed by atoms with Crippen LogP contribution in [0.5, 0.6) is 0 Å². The summed E-state index contributed by atoms with van der Waals surface area (Å²) in [6, 6.07) is 0.198. The van der Waals surface area contributed by atoms with Gasteiger partial charge < -0.3 is 0 Å². The molecule has 0 aromatic rings. The quantitative estimate of drug-likeness (QED) is 0.623. The molecule has 1 atom stereocenters. The van der Waals surface area contributed by atoms with E-state index in [0.29, 0.717) is 5.03 Å². The van der Waals surface area contributed by atoms with Gasteiger partial charge in [0.2, 0.25) is 0 Å². The maximum absolute atomic E-state index is 12.8. The monoisotopic (exact) mass is 186 g/mol. The summed E-state index contributed by atoms with van der Waals surface area (Å²) in [7, 11) is 0. The second kappa shape index (κ2) is 2.61. The normalized spacial score (nSPS) is 27.8. The topological polar surface area (TPSA) is 15.3 Å². The third kappa shape index (κ3) is 1.15. The summed E-state index contributed by atoms with van der Waals surface area (Å²) in [4.78, 5) is 0. The van der Waals surface area contributed by atoms with Crippen molar-refractivity contribution in [2.24, 2.45) is 0 Å². The van der Waals surface area contributed by atoms with Crippen LogP contribution in [-0.2, 0) is 0 Å². The highest BCUT2D eigenvalue weighted by molar-refractivity contribution is 6.32. The summed E-state index contributed by atoms with van der Waals surface area (Å²) in [6.45, 7) is 1.97. The molecule has 0 amide bonds. The van der Waals surface area contributed by atoms with Gasteiger partial charge in [0.05, 0.1) is 16.9 Å². The van der Waals surface area contributed by atoms with Gasteiger partial charge in [0.25, 0.3) is 0 Å². The molecule has 64 valence electrons. The second-order valence-corrected chi connectivity index (χ2v) is 3.25. The molecule has 2 aliphatic heterocycles. The van der Waals surface area contributed by atoms with Crippen molar-refractivity contribution in [1.82, 2.24) is 10.4 Å².